The molecule has 0 aromatic carbocycles. The van der Waals surface area contributed by atoms with E-state index in [9.17, 15) is 0 Å². The lowest BCUT2D eigenvalue weighted by Crippen LogP contribution is -2.65. The maximum absolute atomic E-state index is 6.36. The van der Waals surface area contributed by atoms with Gasteiger partial charge in [0.15, 0.2) is 0 Å². The molecule has 1 aliphatic heterocycles. The summed E-state index contributed by atoms with van der Waals surface area (Å²) in [5, 5.41) is 0. The molecule has 0 spiro atoms. The largest absolute Gasteiger partial charge is 0.457 e. The lowest BCUT2D eigenvalue weighted by molar-refractivity contribution is -0.199. The average Bonchev–Trinajstić information content (AvgIpc) is 2.64. The van der Waals surface area contributed by atoms with Crippen molar-refractivity contribution in [1.82, 2.24) is 0 Å². The van der Waals surface area contributed by atoms with E-state index in [1.54, 1.807) is 0 Å². The van der Waals surface area contributed by atoms with Gasteiger partial charge in [-0.05, 0) is 43.3 Å². The van der Waals surface area contributed by atoms with Crippen LogP contribution in [0.3, 0.4) is 0 Å². The maximum atomic E-state index is 6.36. The molecular formula is C15H27BO2. The lowest BCUT2D eigenvalue weighted by Gasteiger charge is -2.64. The summed E-state index contributed by atoms with van der Waals surface area (Å²) in [4.78, 5) is 0. The van der Waals surface area contributed by atoms with Crippen molar-refractivity contribution >= 4 is 7.12 Å². The normalized spacial score (nSPS) is 44.7. The molecule has 3 saturated carbocycles. The molecule has 0 unspecified atom stereocenters. The van der Waals surface area contributed by atoms with Crippen LogP contribution in [-0.2, 0) is 9.31 Å². The van der Waals surface area contributed by atoms with Crippen LogP contribution in [0.15, 0.2) is 0 Å². The van der Waals surface area contributed by atoms with Gasteiger partial charge in [0, 0.05) is 0 Å². The second-order valence-electron chi connectivity index (χ2n) is 7.39. The van der Waals surface area contributed by atoms with Crippen LogP contribution in [0.25, 0.3) is 0 Å². The van der Waals surface area contributed by atoms with Crippen LogP contribution in [0.5, 0.6) is 0 Å². The minimum atomic E-state index is -0.00483. The van der Waals surface area contributed by atoms with E-state index in [2.05, 4.69) is 27.7 Å². The Morgan fingerprint density at radius 3 is 2.61 bits per heavy atom. The molecule has 102 valence electrons. The lowest BCUT2D eigenvalue weighted by atomic mass is 9.43. The fourth-order valence-electron chi connectivity index (χ4n) is 4.64. The SMILES string of the molecule is CCCCCB1O[C@@H]2C[C@@H]3C[C@@H](C3(C)C)[C@]2(C)O1. The molecule has 2 bridgehead atoms. The van der Waals surface area contributed by atoms with Gasteiger partial charge in [-0.1, -0.05) is 40.0 Å². The van der Waals surface area contributed by atoms with Crippen LogP contribution >= 0.6 is 0 Å². The number of hydrogen-bond donors (Lipinski definition) is 0. The van der Waals surface area contributed by atoms with Crippen molar-refractivity contribution in [2.45, 2.75) is 77.8 Å². The molecule has 1 saturated heterocycles. The molecule has 0 radical (unpaired) electrons. The standard InChI is InChI=1S/C15H27BO2/c1-5-6-7-8-16-17-13-10-11-9-12(14(11,2)3)15(13,4)18-16/h11-13H,5-10H2,1-4H3/t11-,12-,13+,15-/m0/s1. The second-order valence-corrected chi connectivity index (χ2v) is 7.39. The quantitative estimate of drug-likeness (QED) is 0.556. The van der Waals surface area contributed by atoms with Gasteiger partial charge in [-0.2, -0.15) is 0 Å². The zero-order valence-electron chi connectivity index (χ0n) is 12.4. The van der Waals surface area contributed by atoms with Gasteiger partial charge in [-0.25, -0.2) is 0 Å². The van der Waals surface area contributed by atoms with Crippen molar-refractivity contribution < 1.29 is 9.31 Å². The summed E-state index contributed by atoms with van der Waals surface area (Å²) in [5.74, 6) is 1.56. The van der Waals surface area contributed by atoms with Crippen LogP contribution in [0.1, 0.15) is 59.8 Å². The fraction of sp³-hybridized carbons (Fsp3) is 1.00. The molecule has 3 heteroatoms. The Morgan fingerprint density at radius 1 is 1.17 bits per heavy atom. The summed E-state index contributed by atoms with van der Waals surface area (Å²) in [6, 6.07) is 0. The summed E-state index contributed by atoms with van der Waals surface area (Å²) in [5.41, 5.74) is 0.460. The Morgan fingerprint density at radius 2 is 1.94 bits per heavy atom. The Bertz CT molecular complexity index is 330. The fourth-order valence-corrected chi connectivity index (χ4v) is 4.64. The van der Waals surface area contributed by atoms with Gasteiger partial charge in [-0.15, -0.1) is 0 Å². The Balaban J connectivity index is 1.65. The van der Waals surface area contributed by atoms with E-state index in [-0.39, 0.29) is 12.7 Å². The highest BCUT2D eigenvalue weighted by Gasteiger charge is 2.67. The third kappa shape index (κ3) is 1.70. The predicted molar refractivity (Wildman–Crippen MR) is 74.4 cm³/mol. The van der Waals surface area contributed by atoms with E-state index in [0.29, 0.717) is 17.4 Å². The number of unbranched alkanes of at least 4 members (excludes halogenated alkanes) is 2. The molecule has 4 fully saturated rings. The highest BCUT2D eigenvalue weighted by atomic mass is 16.7. The monoisotopic (exact) mass is 250 g/mol. The van der Waals surface area contributed by atoms with Crippen molar-refractivity contribution in [3.8, 4) is 0 Å². The van der Waals surface area contributed by atoms with Gasteiger partial charge in [0.1, 0.15) is 0 Å². The molecule has 0 amide bonds. The molecule has 4 aliphatic rings. The number of rotatable bonds is 4. The maximum Gasteiger partial charge on any atom is 0.457 e. The van der Waals surface area contributed by atoms with Crippen molar-refractivity contribution in [3.63, 3.8) is 0 Å². The Kier molecular flexibility index (Phi) is 3.06. The molecule has 4 rings (SSSR count). The zero-order chi connectivity index (χ0) is 13.0. The first-order chi connectivity index (χ1) is 8.48. The van der Waals surface area contributed by atoms with Gasteiger partial charge in [-0.3, -0.25) is 0 Å². The van der Waals surface area contributed by atoms with Gasteiger partial charge in [0.05, 0.1) is 11.7 Å². The van der Waals surface area contributed by atoms with E-state index in [1.165, 1.54) is 32.1 Å². The van der Waals surface area contributed by atoms with Gasteiger partial charge in [0.25, 0.3) is 0 Å². The Labute approximate surface area is 112 Å². The first-order valence-corrected chi connectivity index (χ1v) is 7.81. The van der Waals surface area contributed by atoms with Gasteiger partial charge in [0.2, 0.25) is 0 Å². The van der Waals surface area contributed by atoms with E-state index < -0.39 is 0 Å². The van der Waals surface area contributed by atoms with Crippen LogP contribution in [0.2, 0.25) is 6.32 Å². The van der Waals surface area contributed by atoms with Crippen LogP contribution in [-0.4, -0.2) is 18.8 Å². The zero-order valence-corrected chi connectivity index (χ0v) is 12.4. The van der Waals surface area contributed by atoms with Crippen molar-refractivity contribution in [1.29, 1.82) is 0 Å². The van der Waals surface area contributed by atoms with Crippen LogP contribution < -0.4 is 0 Å². The van der Waals surface area contributed by atoms with Crippen LogP contribution in [0.4, 0.5) is 0 Å². The van der Waals surface area contributed by atoms with E-state index in [0.717, 1.165) is 12.2 Å². The third-order valence-electron chi connectivity index (χ3n) is 6.05. The topological polar surface area (TPSA) is 18.5 Å². The number of hydrogen-bond acceptors (Lipinski definition) is 2. The molecule has 0 N–H and O–H groups in total. The molecular weight excluding hydrogens is 223 g/mol. The average molecular weight is 250 g/mol. The molecule has 0 aromatic heterocycles. The Hall–Kier alpha value is -0.0151. The van der Waals surface area contributed by atoms with Crippen molar-refractivity contribution in [2.24, 2.45) is 17.3 Å². The minimum absolute atomic E-state index is 0.00483. The summed E-state index contributed by atoms with van der Waals surface area (Å²) >= 11 is 0. The minimum Gasteiger partial charge on any atom is -0.405 e. The second kappa shape index (κ2) is 4.24. The highest BCUT2D eigenvalue weighted by molar-refractivity contribution is 6.45. The first-order valence-electron chi connectivity index (χ1n) is 7.81. The van der Waals surface area contributed by atoms with Crippen molar-refractivity contribution in [2.75, 3.05) is 0 Å². The van der Waals surface area contributed by atoms with Crippen molar-refractivity contribution in [3.05, 3.63) is 0 Å². The van der Waals surface area contributed by atoms with Crippen LogP contribution in [0, 0.1) is 17.3 Å². The highest BCUT2D eigenvalue weighted by Crippen LogP contribution is 2.65. The molecule has 4 atom stereocenters. The summed E-state index contributed by atoms with van der Waals surface area (Å²) in [6.45, 7) is 9.39. The molecule has 18 heavy (non-hydrogen) atoms. The molecule has 2 nitrogen and oxygen atoms in total. The van der Waals surface area contributed by atoms with E-state index >= 15 is 0 Å². The van der Waals surface area contributed by atoms with Gasteiger partial charge < -0.3 is 9.31 Å². The molecule has 0 aromatic rings. The predicted octanol–water partition coefficient (Wildman–Crippen LogP) is 3.90. The summed E-state index contributed by atoms with van der Waals surface area (Å²) in [6.07, 6.45) is 7.81. The summed E-state index contributed by atoms with van der Waals surface area (Å²) < 4.78 is 12.5. The summed E-state index contributed by atoms with van der Waals surface area (Å²) in [7, 11) is 0.0710. The molecule has 1 heterocycles. The van der Waals surface area contributed by atoms with E-state index in [1.807, 2.05) is 0 Å². The molecule has 3 aliphatic carbocycles. The van der Waals surface area contributed by atoms with Gasteiger partial charge >= 0.3 is 7.12 Å². The third-order valence-corrected chi connectivity index (χ3v) is 6.05. The first kappa shape index (κ1) is 13.0. The smallest absolute Gasteiger partial charge is 0.405 e. The van der Waals surface area contributed by atoms with E-state index in [4.69, 9.17) is 9.31 Å².